The van der Waals surface area contributed by atoms with E-state index in [0.29, 0.717) is 29.7 Å². The van der Waals surface area contributed by atoms with Crippen molar-refractivity contribution in [2.45, 2.75) is 65.3 Å². The van der Waals surface area contributed by atoms with Crippen molar-refractivity contribution in [3.05, 3.63) is 0 Å². The van der Waals surface area contributed by atoms with Gasteiger partial charge in [-0.15, -0.1) is 0 Å². The summed E-state index contributed by atoms with van der Waals surface area (Å²) in [5.74, 6) is 4.43. The summed E-state index contributed by atoms with van der Waals surface area (Å²) in [7, 11) is 0. The van der Waals surface area contributed by atoms with Crippen LogP contribution in [0.1, 0.15) is 59.3 Å². The van der Waals surface area contributed by atoms with E-state index in [1.807, 2.05) is 0 Å². The molecule has 0 aromatic carbocycles. The molecule has 0 bridgehead atoms. The van der Waals surface area contributed by atoms with Crippen LogP contribution in [0.5, 0.6) is 0 Å². The Morgan fingerprint density at radius 1 is 1.05 bits per heavy atom. The van der Waals surface area contributed by atoms with Crippen LogP contribution < -0.4 is 5.32 Å². The molecule has 108 valence electrons. The van der Waals surface area contributed by atoms with Gasteiger partial charge in [0.25, 0.3) is 0 Å². The van der Waals surface area contributed by atoms with E-state index < -0.39 is 0 Å². The van der Waals surface area contributed by atoms with Crippen LogP contribution in [0.4, 0.5) is 0 Å². The highest BCUT2D eigenvalue weighted by atomic mass is 16.2. The predicted octanol–water partition coefficient (Wildman–Crippen LogP) is 3.61. The van der Waals surface area contributed by atoms with E-state index in [1.54, 1.807) is 0 Å². The van der Waals surface area contributed by atoms with Gasteiger partial charge in [0.2, 0.25) is 5.91 Å². The molecule has 0 unspecified atom stereocenters. The molecule has 2 nitrogen and oxygen atoms in total. The number of fused-ring (bicyclic) bond motifs is 1. The van der Waals surface area contributed by atoms with Crippen LogP contribution in [-0.4, -0.2) is 11.9 Å². The molecular formula is C17H29NO. The lowest BCUT2D eigenvalue weighted by molar-refractivity contribution is -0.123. The standard InChI is InChI=1S/C17H29NO/c1-10(2)13-9-8-11(3)14-15(13)16(14)17(19)18-12-6-4-5-7-12/h10-16H,4-9H2,1-3H3,(H,18,19)/t11-,13+,14-,15+,16+/m0/s1. The highest BCUT2D eigenvalue weighted by molar-refractivity contribution is 5.82. The average molecular weight is 263 g/mol. The second kappa shape index (κ2) is 5.10. The Labute approximate surface area is 117 Å². The molecule has 1 N–H and O–H groups in total. The lowest BCUT2D eigenvalue weighted by Crippen LogP contribution is -2.34. The summed E-state index contributed by atoms with van der Waals surface area (Å²) in [6.45, 7) is 7.03. The molecule has 3 aliphatic carbocycles. The summed E-state index contributed by atoms with van der Waals surface area (Å²) < 4.78 is 0. The van der Waals surface area contributed by atoms with Crippen LogP contribution in [0.15, 0.2) is 0 Å². The van der Waals surface area contributed by atoms with E-state index in [4.69, 9.17) is 0 Å². The molecule has 0 aromatic rings. The van der Waals surface area contributed by atoms with Crippen molar-refractivity contribution < 1.29 is 4.79 Å². The zero-order chi connectivity index (χ0) is 13.6. The molecular weight excluding hydrogens is 234 g/mol. The van der Waals surface area contributed by atoms with Gasteiger partial charge < -0.3 is 5.32 Å². The lowest BCUT2D eigenvalue weighted by Gasteiger charge is -2.28. The van der Waals surface area contributed by atoms with Gasteiger partial charge in [-0.3, -0.25) is 4.79 Å². The molecule has 1 amide bonds. The van der Waals surface area contributed by atoms with Crippen LogP contribution >= 0.6 is 0 Å². The fourth-order valence-corrected chi connectivity index (χ4v) is 4.98. The quantitative estimate of drug-likeness (QED) is 0.828. The van der Waals surface area contributed by atoms with E-state index in [-0.39, 0.29) is 0 Å². The Morgan fingerprint density at radius 2 is 1.74 bits per heavy atom. The molecule has 0 radical (unpaired) electrons. The normalized spacial score (nSPS) is 42.2. The largest absolute Gasteiger partial charge is 0.353 e. The van der Waals surface area contributed by atoms with Crippen molar-refractivity contribution in [3.8, 4) is 0 Å². The minimum atomic E-state index is 0.352. The molecule has 0 aromatic heterocycles. The zero-order valence-corrected chi connectivity index (χ0v) is 12.7. The SMILES string of the molecule is CC(C)[C@H]1CC[C@H](C)[C@@H]2[C@@H](C(=O)NC3CCCC3)[C@@H]21. The van der Waals surface area contributed by atoms with Gasteiger partial charge >= 0.3 is 0 Å². The number of carbonyl (C=O) groups is 1. The highest BCUT2D eigenvalue weighted by Gasteiger charge is 2.61. The second-order valence-corrected chi connectivity index (χ2v) is 7.63. The third-order valence-corrected chi connectivity index (χ3v) is 6.10. The molecule has 19 heavy (non-hydrogen) atoms. The average Bonchev–Trinajstić information content (AvgIpc) is 2.91. The molecule has 0 heterocycles. The summed E-state index contributed by atoms with van der Waals surface area (Å²) >= 11 is 0. The minimum absolute atomic E-state index is 0.352. The first-order valence-corrected chi connectivity index (χ1v) is 8.40. The maximum Gasteiger partial charge on any atom is 0.223 e. The van der Waals surface area contributed by atoms with E-state index in [9.17, 15) is 4.79 Å². The van der Waals surface area contributed by atoms with Gasteiger partial charge in [-0.1, -0.05) is 40.0 Å². The van der Waals surface area contributed by atoms with Crippen molar-refractivity contribution in [1.82, 2.24) is 5.32 Å². The van der Waals surface area contributed by atoms with Crippen molar-refractivity contribution in [3.63, 3.8) is 0 Å². The van der Waals surface area contributed by atoms with Crippen molar-refractivity contribution >= 4 is 5.91 Å². The van der Waals surface area contributed by atoms with Crippen LogP contribution in [-0.2, 0) is 4.79 Å². The highest BCUT2D eigenvalue weighted by Crippen LogP contribution is 2.62. The Morgan fingerprint density at radius 3 is 2.37 bits per heavy atom. The Balaban J connectivity index is 1.63. The maximum absolute atomic E-state index is 12.5. The van der Waals surface area contributed by atoms with Gasteiger partial charge in [0.05, 0.1) is 0 Å². The Hall–Kier alpha value is -0.530. The summed E-state index contributed by atoms with van der Waals surface area (Å²) in [6, 6.07) is 0.489. The number of carbonyl (C=O) groups excluding carboxylic acids is 1. The van der Waals surface area contributed by atoms with Crippen LogP contribution in [0.3, 0.4) is 0 Å². The summed E-state index contributed by atoms with van der Waals surface area (Å²) in [4.78, 5) is 12.5. The summed E-state index contributed by atoms with van der Waals surface area (Å²) in [5.41, 5.74) is 0. The van der Waals surface area contributed by atoms with Gasteiger partial charge in [0.1, 0.15) is 0 Å². The fourth-order valence-electron chi connectivity index (χ4n) is 4.98. The van der Waals surface area contributed by atoms with Gasteiger partial charge in [0.15, 0.2) is 0 Å². The van der Waals surface area contributed by atoms with Crippen LogP contribution in [0, 0.1) is 35.5 Å². The lowest BCUT2D eigenvalue weighted by atomic mass is 9.77. The molecule has 3 aliphatic rings. The second-order valence-electron chi connectivity index (χ2n) is 7.63. The van der Waals surface area contributed by atoms with Crippen molar-refractivity contribution in [1.29, 1.82) is 0 Å². The summed E-state index contributed by atoms with van der Waals surface area (Å²) in [6.07, 6.45) is 7.68. The van der Waals surface area contributed by atoms with Crippen molar-refractivity contribution in [2.24, 2.45) is 35.5 Å². The zero-order valence-electron chi connectivity index (χ0n) is 12.7. The summed E-state index contributed by atoms with van der Waals surface area (Å²) in [5, 5.41) is 3.34. The smallest absolute Gasteiger partial charge is 0.223 e. The monoisotopic (exact) mass is 263 g/mol. The first kappa shape index (κ1) is 13.5. The first-order valence-electron chi connectivity index (χ1n) is 8.40. The van der Waals surface area contributed by atoms with E-state index >= 15 is 0 Å². The molecule has 0 saturated heterocycles. The topological polar surface area (TPSA) is 29.1 Å². The molecule has 3 saturated carbocycles. The Kier molecular flexibility index (Phi) is 3.61. The van der Waals surface area contributed by atoms with Crippen molar-refractivity contribution in [2.75, 3.05) is 0 Å². The third-order valence-electron chi connectivity index (χ3n) is 6.10. The molecule has 3 rings (SSSR count). The first-order chi connectivity index (χ1) is 9.09. The predicted molar refractivity (Wildman–Crippen MR) is 77.6 cm³/mol. The number of hydrogen-bond acceptors (Lipinski definition) is 1. The minimum Gasteiger partial charge on any atom is -0.353 e. The van der Waals surface area contributed by atoms with E-state index in [2.05, 4.69) is 26.1 Å². The molecule has 3 fully saturated rings. The van der Waals surface area contributed by atoms with Crippen LogP contribution in [0.2, 0.25) is 0 Å². The van der Waals surface area contributed by atoms with Crippen LogP contribution in [0.25, 0.3) is 0 Å². The number of rotatable bonds is 3. The number of amides is 1. The van der Waals surface area contributed by atoms with Gasteiger partial charge in [-0.05, 0) is 48.9 Å². The third kappa shape index (κ3) is 2.43. The number of nitrogens with one attached hydrogen (secondary N) is 1. The molecule has 0 aliphatic heterocycles. The van der Waals surface area contributed by atoms with Gasteiger partial charge in [0, 0.05) is 12.0 Å². The number of hydrogen-bond donors (Lipinski definition) is 1. The fraction of sp³-hybridized carbons (Fsp3) is 0.941. The van der Waals surface area contributed by atoms with Gasteiger partial charge in [-0.25, -0.2) is 0 Å². The molecule has 0 spiro atoms. The van der Waals surface area contributed by atoms with E-state index in [1.165, 1.54) is 38.5 Å². The van der Waals surface area contributed by atoms with E-state index in [0.717, 1.165) is 17.8 Å². The molecule has 5 atom stereocenters. The van der Waals surface area contributed by atoms with Gasteiger partial charge in [-0.2, -0.15) is 0 Å². The Bertz CT molecular complexity index is 345. The maximum atomic E-state index is 12.5. The molecule has 2 heteroatoms.